The highest BCUT2D eigenvalue weighted by atomic mass is 19.2. The van der Waals surface area contributed by atoms with Crippen molar-refractivity contribution < 1.29 is 17.9 Å². The Bertz CT molecular complexity index is 378. The van der Waals surface area contributed by atoms with Crippen molar-refractivity contribution >= 4 is 5.69 Å². The lowest BCUT2D eigenvalue weighted by molar-refractivity contribution is 0.0903. The third-order valence-corrected chi connectivity index (χ3v) is 2.62. The summed E-state index contributed by atoms with van der Waals surface area (Å²) in [5, 5.41) is 2.86. The first-order chi connectivity index (χ1) is 7.68. The quantitative estimate of drug-likeness (QED) is 0.790. The van der Waals surface area contributed by atoms with Gasteiger partial charge >= 0.3 is 0 Å². The first kappa shape index (κ1) is 11.3. The summed E-state index contributed by atoms with van der Waals surface area (Å²) in [6.07, 6.45) is 1.47. The third-order valence-electron chi connectivity index (χ3n) is 2.62. The largest absolute Gasteiger partial charge is 0.381 e. The number of rotatable bonds is 2. The van der Waals surface area contributed by atoms with Gasteiger partial charge in [0.2, 0.25) is 0 Å². The van der Waals surface area contributed by atoms with E-state index in [1.54, 1.807) is 0 Å². The molecule has 88 valence electrons. The second kappa shape index (κ2) is 4.74. The molecular weight excluding hydrogens is 219 g/mol. The van der Waals surface area contributed by atoms with Crippen molar-refractivity contribution in [1.82, 2.24) is 0 Å². The zero-order valence-electron chi connectivity index (χ0n) is 8.60. The summed E-state index contributed by atoms with van der Waals surface area (Å²) in [5.41, 5.74) is 0.00537. The van der Waals surface area contributed by atoms with E-state index in [4.69, 9.17) is 4.74 Å². The highest BCUT2D eigenvalue weighted by Gasteiger charge is 2.18. The molecule has 0 aliphatic carbocycles. The van der Waals surface area contributed by atoms with Gasteiger partial charge in [0.05, 0.1) is 5.69 Å². The number of anilines is 1. The van der Waals surface area contributed by atoms with E-state index < -0.39 is 17.5 Å². The third kappa shape index (κ3) is 2.29. The molecule has 0 aromatic heterocycles. The van der Waals surface area contributed by atoms with Crippen molar-refractivity contribution in [3.8, 4) is 0 Å². The molecule has 1 aromatic rings. The van der Waals surface area contributed by atoms with Crippen molar-refractivity contribution in [3.05, 3.63) is 29.6 Å². The van der Waals surface area contributed by atoms with E-state index in [1.807, 2.05) is 0 Å². The van der Waals surface area contributed by atoms with Crippen LogP contribution in [0.2, 0.25) is 0 Å². The number of hydrogen-bond donors (Lipinski definition) is 1. The van der Waals surface area contributed by atoms with Gasteiger partial charge in [-0.15, -0.1) is 0 Å². The first-order valence-electron chi connectivity index (χ1n) is 5.16. The second-order valence-corrected chi connectivity index (χ2v) is 3.75. The Hall–Kier alpha value is -1.23. The maximum Gasteiger partial charge on any atom is 0.196 e. The number of halogens is 3. The van der Waals surface area contributed by atoms with E-state index >= 15 is 0 Å². The van der Waals surface area contributed by atoms with Crippen molar-refractivity contribution in [2.24, 2.45) is 0 Å². The normalized spacial score (nSPS) is 17.4. The van der Waals surface area contributed by atoms with Gasteiger partial charge in [0.1, 0.15) is 0 Å². The van der Waals surface area contributed by atoms with Gasteiger partial charge in [-0.05, 0) is 25.0 Å². The van der Waals surface area contributed by atoms with E-state index in [-0.39, 0.29) is 11.7 Å². The predicted molar refractivity (Wildman–Crippen MR) is 53.8 cm³/mol. The highest BCUT2D eigenvalue weighted by molar-refractivity contribution is 5.46. The fraction of sp³-hybridized carbons (Fsp3) is 0.455. The lowest BCUT2D eigenvalue weighted by Gasteiger charge is -2.24. The number of hydrogen-bond acceptors (Lipinski definition) is 2. The minimum absolute atomic E-state index is 0.00537. The fourth-order valence-corrected chi connectivity index (χ4v) is 1.70. The molecule has 16 heavy (non-hydrogen) atoms. The molecule has 0 spiro atoms. The molecule has 1 aromatic carbocycles. The second-order valence-electron chi connectivity index (χ2n) is 3.75. The molecule has 0 bridgehead atoms. The number of nitrogens with one attached hydrogen (secondary N) is 1. The lowest BCUT2D eigenvalue weighted by atomic mass is 10.1. The Labute approximate surface area is 91.4 Å². The topological polar surface area (TPSA) is 21.3 Å². The van der Waals surface area contributed by atoms with Crippen LogP contribution in [0.1, 0.15) is 12.8 Å². The maximum atomic E-state index is 13.3. The van der Waals surface area contributed by atoms with Crippen LogP contribution in [-0.4, -0.2) is 19.3 Å². The lowest BCUT2D eigenvalue weighted by Crippen LogP contribution is -2.28. The molecule has 0 radical (unpaired) electrons. The van der Waals surface area contributed by atoms with E-state index in [0.717, 1.165) is 18.9 Å². The molecule has 1 heterocycles. The van der Waals surface area contributed by atoms with Crippen LogP contribution in [-0.2, 0) is 4.74 Å². The first-order valence-corrected chi connectivity index (χ1v) is 5.16. The molecule has 1 N–H and O–H groups in total. The zero-order valence-corrected chi connectivity index (χ0v) is 8.60. The minimum atomic E-state index is -1.43. The molecule has 0 saturated carbocycles. The summed E-state index contributed by atoms with van der Waals surface area (Å²) >= 11 is 0. The molecule has 1 aliphatic heterocycles. The Balaban J connectivity index is 2.11. The minimum Gasteiger partial charge on any atom is -0.381 e. The van der Waals surface area contributed by atoms with Crippen molar-refractivity contribution in [2.75, 3.05) is 18.5 Å². The molecule has 2 rings (SSSR count). The molecular formula is C11H12F3NO. The van der Waals surface area contributed by atoms with Gasteiger partial charge in [0, 0.05) is 19.3 Å². The van der Waals surface area contributed by atoms with Crippen LogP contribution in [0.3, 0.4) is 0 Å². The Morgan fingerprint density at radius 1 is 1.06 bits per heavy atom. The Morgan fingerprint density at radius 3 is 2.44 bits per heavy atom. The van der Waals surface area contributed by atoms with E-state index in [2.05, 4.69) is 5.32 Å². The van der Waals surface area contributed by atoms with Crippen LogP contribution in [0, 0.1) is 17.5 Å². The average molecular weight is 231 g/mol. The van der Waals surface area contributed by atoms with Gasteiger partial charge in [-0.2, -0.15) is 0 Å². The van der Waals surface area contributed by atoms with Crippen LogP contribution >= 0.6 is 0 Å². The van der Waals surface area contributed by atoms with Gasteiger partial charge in [0.15, 0.2) is 17.5 Å². The average Bonchev–Trinajstić information content (AvgIpc) is 2.31. The van der Waals surface area contributed by atoms with Crippen LogP contribution < -0.4 is 5.32 Å². The van der Waals surface area contributed by atoms with Gasteiger partial charge < -0.3 is 10.1 Å². The van der Waals surface area contributed by atoms with Gasteiger partial charge in [-0.1, -0.05) is 0 Å². The van der Waals surface area contributed by atoms with Crippen LogP contribution in [0.5, 0.6) is 0 Å². The van der Waals surface area contributed by atoms with E-state index in [0.29, 0.717) is 13.2 Å². The molecule has 1 aliphatic rings. The van der Waals surface area contributed by atoms with Crippen LogP contribution in [0.4, 0.5) is 18.9 Å². The van der Waals surface area contributed by atoms with Gasteiger partial charge in [0.25, 0.3) is 0 Å². The Kier molecular flexibility index (Phi) is 3.33. The SMILES string of the molecule is Fc1ccc(NC2CCOCC2)c(F)c1F. The summed E-state index contributed by atoms with van der Waals surface area (Å²) in [4.78, 5) is 0. The van der Waals surface area contributed by atoms with Crippen molar-refractivity contribution in [2.45, 2.75) is 18.9 Å². The monoisotopic (exact) mass is 231 g/mol. The molecule has 1 fully saturated rings. The van der Waals surface area contributed by atoms with E-state index in [9.17, 15) is 13.2 Å². The molecule has 2 nitrogen and oxygen atoms in total. The molecule has 0 amide bonds. The summed E-state index contributed by atoms with van der Waals surface area (Å²) in [6, 6.07) is 2.18. The molecule has 0 atom stereocenters. The van der Waals surface area contributed by atoms with Crippen LogP contribution in [0.15, 0.2) is 12.1 Å². The number of ether oxygens (including phenoxy) is 1. The zero-order chi connectivity index (χ0) is 11.5. The summed E-state index contributed by atoms with van der Waals surface area (Å²) < 4.78 is 44.1. The standard InChI is InChI=1S/C11H12F3NO/c12-8-1-2-9(11(14)10(8)13)15-7-3-5-16-6-4-7/h1-2,7,15H,3-6H2. The number of benzene rings is 1. The van der Waals surface area contributed by atoms with Crippen molar-refractivity contribution in [1.29, 1.82) is 0 Å². The maximum absolute atomic E-state index is 13.3. The molecule has 1 saturated heterocycles. The molecule has 0 unspecified atom stereocenters. The Morgan fingerprint density at radius 2 is 1.75 bits per heavy atom. The van der Waals surface area contributed by atoms with Gasteiger partial charge in [-0.25, -0.2) is 13.2 Å². The molecule has 5 heteroatoms. The van der Waals surface area contributed by atoms with Gasteiger partial charge in [-0.3, -0.25) is 0 Å². The summed E-state index contributed by atoms with van der Waals surface area (Å²) in [6.45, 7) is 1.20. The summed E-state index contributed by atoms with van der Waals surface area (Å²) in [5.74, 6) is -3.77. The highest BCUT2D eigenvalue weighted by Crippen LogP contribution is 2.22. The van der Waals surface area contributed by atoms with Crippen molar-refractivity contribution in [3.63, 3.8) is 0 Å². The fourth-order valence-electron chi connectivity index (χ4n) is 1.70. The smallest absolute Gasteiger partial charge is 0.196 e. The van der Waals surface area contributed by atoms with Crippen LogP contribution in [0.25, 0.3) is 0 Å². The predicted octanol–water partition coefficient (Wildman–Crippen LogP) is 2.69. The summed E-state index contributed by atoms with van der Waals surface area (Å²) in [7, 11) is 0. The van der Waals surface area contributed by atoms with E-state index in [1.165, 1.54) is 6.07 Å².